The zero-order valence-corrected chi connectivity index (χ0v) is 10.6. The van der Waals surface area contributed by atoms with Crippen molar-refractivity contribution in [2.24, 2.45) is 0 Å². The first-order chi connectivity index (χ1) is 9.52. The van der Waals surface area contributed by atoms with Crippen LogP contribution in [0.4, 0.5) is 17.6 Å². The van der Waals surface area contributed by atoms with Gasteiger partial charge in [0, 0.05) is 0 Å². The molecule has 2 nitrogen and oxygen atoms in total. The molecule has 0 fully saturated rings. The molecule has 0 aliphatic rings. The fourth-order valence-corrected chi connectivity index (χ4v) is 1.69. The highest BCUT2D eigenvalue weighted by Gasteiger charge is 2.22. The molecule has 1 aromatic heterocycles. The summed E-state index contributed by atoms with van der Waals surface area (Å²) in [5, 5.41) is 0. The average Bonchev–Trinajstić information content (AvgIpc) is 2.43. The second-order valence-electron chi connectivity index (χ2n) is 4.15. The second kappa shape index (κ2) is 5.90. The van der Waals surface area contributed by atoms with Crippen LogP contribution in [0.3, 0.4) is 0 Å². The van der Waals surface area contributed by atoms with Gasteiger partial charge in [-0.3, -0.25) is 0 Å². The van der Waals surface area contributed by atoms with Crippen molar-refractivity contribution < 1.29 is 22.3 Å². The van der Waals surface area contributed by atoms with Gasteiger partial charge in [-0.1, -0.05) is 25.5 Å². The van der Waals surface area contributed by atoms with Crippen molar-refractivity contribution in [2.75, 3.05) is 0 Å². The van der Waals surface area contributed by atoms with Crippen LogP contribution in [0.1, 0.15) is 18.9 Å². The average molecular weight is 285 g/mol. The van der Waals surface area contributed by atoms with Crippen molar-refractivity contribution in [1.29, 1.82) is 0 Å². The Morgan fingerprint density at radius 3 is 2.00 bits per heavy atom. The molecule has 1 heterocycles. The van der Waals surface area contributed by atoms with Crippen LogP contribution in [-0.2, 0) is 6.42 Å². The molecule has 6 heteroatoms. The Labute approximate surface area is 113 Å². The first kappa shape index (κ1) is 14.3. The molecule has 0 bridgehead atoms. The Morgan fingerprint density at radius 1 is 0.950 bits per heavy atom. The number of ether oxygens (including phenoxy) is 1. The molecule has 0 spiro atoms. The van der Waals surface area contributed by atoms with Gasteiger partial charge in [0.1, 0.15) is 5.75 Å². The third-order valence-electron chi connectivity index (χ3n) is 2.64. The minimum atomic E-state index is -1.75. The first-order valence-corrected chi connectivity index (χ1v) is 5.99. The number of rotatable bonds is 4. The van der Waals surface area contributed by atoms with Gasteiger partial charge >= 0.3 is 0 Å². The predicted molar refractivity (Wildman–Crippen MR) is 64.6 cm³/mol. The van der Waals surface area contributed by atoms with E-state index in [1.54, 1.807) is 12.1 Å². The number of hydrogen-bond donors (Lipinski definition) is 0. The SMILES string of the molecule is CCCc1ccc(Oc2c(F)c(F)nc(F)c2F)cc1. The van der Waals surface area contributed by atoms with Gasteiger partial charge in [0.25, 0.3) is 11.9 Å². The molecule has 1 aromatic carbocycles. The van der Waals surface area contributed by atoms with Crippen LogP contribution in [0.5, 0.6) is 11.5 Å². The Hall–Kier alpha value is -2.11. The Balaban J connectivity index is 2.30. The number of aromatic nitrogens is 1. The van der Waals surface area contributed by atoms with E-state index < -0.39 is 29.3 Å². The lowest BCUT2D eigenvalue weighted by Crippen LogP contribution is -2.03. The van der Waals surface area contributed by atoms with Crippen LogP contribution in [0.25, 0.3) is 0 Å². The van der Waals surface area contributed by atoms with Crippen molar-refractivity contribution in [2.45, 2.75) is 19.8 Å². The predicted octanol–water partition coefficient (Wildman–Crippen LogP) is 4.38. The summed E-state index contributed by atoms with van der Waals surface area (Å²) < 4.78 is 57.4. The van der Waals surface area contributed by atoms with E-state index in [1.165, 1.54) is 12.1 Å². The zero-order chi connectivity index (χ0) is 14.7. The summed E-state index contributed by atoms with van der Waals surface area (Å²) in [7, 11) is 0. The van der Waals surface area contributed by atoms with E-state index in [4.69, 9.17) is 4.74 Å². The lowest BCUT2D eigenvalue weighted by atomic mass is 10.1. The van der Waals surface area contributed by atoms with Crippen LogP contribution in [-0.4, -0.2) is 4.98 Å². The summed E-state index contributed by atoms with van der Waals surface area (Å²) in [4.78, 5) is 2.45. The zero-order valence-electron chi connectivity index (χ0n) is 10.6. The lowest BCUT2D eigenvalue weighted by Gasteiger charge is -2.09. The van der Waals surface area contributed by atoms with E-state index in [0.29, 0.717) is 0 Å². The molecule has 0 amide bonds. The summed E-state index contributed by atoms with van der Waals surface area (Å²) in [5.41, 5.74) is 1.02. The highest BCUT2D eigenvalue weighted by Crippen LogP contribution is 2.29. The molecule has 106 valence electrons. The standard InChI is InChI=1S/C14H11F4NO/c1-2-3-8-4-6-9(7-5-8)20-12-10(15)13(17)19-14(18)11(12)16/h4-7H,2-3H2,1H3. The van der Waals surface area contributed by atoms with E-state index in [1.807, 2.05) is 6.92 Å². The van der Waals surface area contributed by atoms with Crippen molar-refractivity contribution in [3.05, 3.63) is 53.4 Å². The Kier molecular flexibility index (Phi) is 4.22. The highest BCUT2D eigenvalue weighted by atomic mass is 19.2. The van der Waals surface area contributed by atoms with Crippen molar-refractivity contribution in [1.82, 2.24) is 4.98 Å². The molecule has 0 saturated carbocycles. The molecule has 2 aromatic rings. The number of halogens is 4. The molecule has 2 rings (SSSR count). The summed E-state index contributed by atoms with van der Waals surface area (Å²) in [6.07, 6.45) is 1.80. The molecule has 0 aliphatic heterocycles. The normalized spacial score (nSPS) is 10.7. The maximum atomic E-state index is 13.4. The van der Waals surface area contributed by atoms with Crippen LogP contribution in [0, 0.1) is 23.5 Å². The minimum absolute atomic E-state index is 0.0765. The molecule has 0 aliphatic carbocycles. The number of benzene rings is 1. The Morgan fingerprint density at radius 2 is 1.50 bits per heavy atom. The van der Waals surface area contributed by atoms with Crippen LogP contribution < -0.4 is 4.74 Å². The van der Waals surface area contributed by atoms with E-state index in [2.05, 4.69) is 4.98 Å². The van der Waals surface area contributed by atoms with Gasteiger partial charge in [-0.15, -0.1) is 0 Å². The van der Waals surface area contributed by atoms with E-state index in [0.717, 1.165) is 18.4 Å². The maximum Gasteiger partial charge on any atom is 0.255 e. The van der Waals surface area contributed by atoms with Gasteiger partial charge in [-0.05, 0) is 24.1 Å². The van der Waals surface area contributed by atoms with Crippen molar-refractivity contribution in [3.8, 4) is 11.5 Å². The fraction of sp³-hybridized carbons (Fsp3) is 0.214. The van der Waals surface area contributed by atoms with E-state index >= 15 is 0 Å². The molecule has 0 unspecified atom stereocenters. The smallest absolute Gasteiger partial charge is 0.255 e. The lowest BCUT2D eigenvalue weighted by molar-refractivity contribution is 0.343. The quantitative estimate of drug-likeness (QED) is 0.614. The first-order valence-electron chi connectivity index (χ1n) is 5.99. The minimum Gasteiger partial charge on any atom is -0.451 e. The molecule has 0 radical (unpaired) electrons. The molecule has 20 heavy (non-hydrogen) atoms. The maximum absolute atomic E-state index is 13.4. The monoisotopic (exact) mass is 285 g/mol. The molecular formula is C14H11F4NO. The van der Waals surface area contributed by atoms with Gasteiger partial charge < -0.3 is 4.74 Å². The largest absolute Gasteiger partial charge is 0.451 e. The number of hydrogen-bond acceptors (Lipinski definition) is 2. The molecular weight excluding hydrogens is 274 g/mol. The summed E-state index contributed by atoms with van der Waals surface area (Å²) in [5.74, 6) is -7.89. The van der Waals surface area contributed by atoms with Crippen molar-refractivity contribution >= 4 is 0 Å². The summed E-state index contributed by atoms with van der Waals surface area (Å²) in [6.45, 7) is 2.01. The second-order valence-corrected chi connectivity index (χ2v) is 4.15. The van der Waals surface area contributed by atoms with E-state index in [9.17, 15) is 17.6 Å². The van der Waals surface area contributed by atoms with E-state index in [-0.39, 0.29) is 5.75 Å². The molecule has 0 atom stereocenters. The molecule has 0 N–H and O–H groups in total. The summed E-state index contributed by atoms with van der Waals surface area (Å²) >= 11 is 0. The summed E-state index contributed by atoms with van der Waals surface area (Å²) in [6, 6.07) is 6.37. The van der Waals surface area contributed by atoms with Gasteiger partial charge in [0.15, 0.2) is 0 Å². The third kappa shape index (κ3) is 2.89. The van der Waals surface area contributed by atoms with Crippen LogP contribution >= 0.6 is 0 Å². The Bertz CT molecular complexity index is 587. The number of aryl methyl sites for hydroxylation is 1. The van der Waals surface area contributed by atoms with Crippen molar-refractivity contribution in [3.63, 3.8) is 0 Å². The number of nitrogens with zero attached hydrogens (tertiary/aromatic N) is 1. The van der Waals surface area contributed by atoms with Gasteiger partial charge in [0.05, 0.1) is 0 Å². The fourth-order valence-electron chi connectivity index (χ4n) is 1.69. The third-order valence-corrected chi connectivity index (χ3v) is 2.64. The van der Waals surface area contributed by atoms with Gasteiger partial charge in [-0.25, -0.2) is 0 Å². The highest BCUT2D eigenvalue weighted by molar-refractivity contribution is 5.34. The van der Waals surface area contributed by atoms with Gasteiger partial charge in [-0.2, -0.15) is 22.5 Å². The van der Waals surface area contributed by atoms with Crippen LogP contribution in [0.15, 0.2) is 24.3 Å². The molecule has 0 saturated heterocycles. The number of pyridine rings is 1. The topological polar surface area (TPSA) is 22.1 Å². The van der Waals surface area contributed by atoms with Gasteiger partial charge in [0.2, 0.25) is 17.4 Å². The van der Waals surface area contributed by atoms with Crippen LogP contribution in [0.2, 0.25) is 0 Å².